The van der Waals surface area contributed by atoms with E-state index in [1.54, 1.807) is 6.20 Å². The minimum Gasteiger partial charge on any atom is -0.388 e. The number of rotatable bonds is 5. The van der Waals surface area contributed by atoms with E-state index in [0.29, 0.717) is 6.54 Å². The normalized spacial score (nSPS) is 12.0. The fourth-order valence-electron chi connectivity index (χ4n) is 2.54. The lowest BCUT2D eigenvalue weighted by Gasteiger charge is -2.12. The van der Waals surface area contributed by atoms with E-state index in [1.807, 2.05) is 60.7 Å². The van der Waals surface area contributed by atoms with Crippen LogP contribution in [0.25, 0.3) is 10.9 Å². The molecular weight excluding hydrogens is 288 g/mol. The number of carbonyl (C=O) groups excluding carboxylic acids is 1. The predicted molar refractivity (Wildman–Crippen MR) is 89.6 cm³/mol. The summed E-state index contributed by atoms with van der Waals surface area (Å²) in [6.45, 7) is 0.398. The quantitative estimate of drug-likeness (QED) is 0.762. The molecule has 23 heavy (non-hydrogen) atoms. The number of amides is 1. The summed E-state index contributed by atoms with van der Waals surface area (Å²) in [5, 5.41) is 14.0. The number of fused-ring (bicyclic) bond motifs is 1. The van der Waals surface area contributed by atoms with E-state index in [4.69, 9.17) is 0 Å². The molecule has 4 nitrogen and oxygen atoms in total. The Morgan fingerprint density at radius 2 is 1.83 bits per heavy atom. The van der Waals surface area contributed by atoms with Crippen molar-refractivity contribution in [2.75, 3.05) is 0 Å². The highest BCUT2D eigenvalue weighted by Gasteiger charge is 2.12. The number of carbonyl (C=O) groups is 1. The molecule has 0 saturated heterocycles. The lowest BCUT2D eigenvalue weighted by atomic mass is 10.1. The van der Waals surface area contributed by atoms with E-state index < -0.39 is 6.10 Å². The topological polar surface area (TPSA) is 62.2 Å². The van der Waals surface area contributed by atoms with Crippen LogP contribution >= 0.6 is 0 Å². The van der Waals surface area contributed by atoms with Gasteiger partial charge < -0.3 is 10.4 Å². The molecule has 0 aliphatic carbocycles. The van der Waals surface area contributed by atoms with Crippen molar-refractivity contribution in [2.24, 2.45) is 0 Å². The van der Waals surface area contributed by atoms with Gasteiger partial charge in [0.25, 0.3) is 0 Å². The van der Waals surface area contributed by atoms with Crippen molar-refractivity contribution in [3.63, 3.8) is 0 Å². The molecule has 0 fully saturated rings. The van der Waals surface area contributed by atoms with Gasteiger partial charge in [-0.1, -0.05) is 54.6 Å². The molecule has 0 radical (unpaired) electrons. The Kier molecular flexibility index (Phi) is 4.64. The standard InChI is InChI=1S/C19H18N2O2/c22-17(14-6-2-1-3-7-14)12-18(23)21-13-16-9-4-8-15-10-5-11-20-19(15)16/h1-11,17,22H,12-13H2,(H,21,23). The van der Waals surface area contributed by atoms with E-state index in [0.717, 1.165) is 22.0 Å². The maximum atomic E-state index is 12.0. The molecule has 1 unspecified atom stereocenters. The van der Waals surface area contributed by atoms with Crippen LogP contribution in [0.2, 0.25) is 0 Å². The Labute approximate surface area is 134 Å². The second-order valence-electron chi connectivity index (χ2n) is 5.40. The van der Waals surface area contributed by atoms with Crippen molar-refractivity contribution < 1.29 is 9.90 Å². The van der Waals surface area contributed by atoms with Gasteiger partial charge in [0.15, 0.2) is 0 Å². The fraction of sp³-hybridized carbons (Fsp3) is 0.158. The number of aliphatic hydroxyl groups is 1. The maximum absolute atomic E-state index is 12.0. The lowest BCUT2D eigenvalue weighted by molar-refractivity contribution is -0.123. The monoisotopic (exact) mass is 306 g/mol. The van der Waals surface area contributed by atoms with Gasteiger partial charge in [0.2, 0.25) is 5.91 Å². The molecule has 1 atom stereocenters. The Hall–Kier alpha value is -2.72. The summed E-state index contributed by atoms with van der Waals surface area (Å²) in [4.78, 5) is 16.4. The number of benzene rings is 2. The third-order valence-electron chi connectivity index (χ3n) is 3.76. The summed E-state index contributed by atoms with van der Waals surface area (Å²) in [5.74, 6) is -0.186. The van der Waals surface area contributed by atoms with Crippen molar-refractivity contribution in [3.8, 4) is 0 Å². The van der Waals surface area contributed by atoms with E-state index in [1.165, 1.54) is 0 Å². The Morgan fingerprint density at radius 1 is 1.04 bits per heavy atom. The largest absolute Gasteiger partial charge is 0.388 e. The zero-order chi connectivity index (χ0) is 16.1. The van der Waals surface area contributed by atoms with Crippen LogP contribution in [0.5, 0.6) is 0 Å². The molecule has 3 aromatic rings. The predicted octanol–water partition coefficient (Wildman–Crippen LogP) is 2.97. The van der Waals surface area contributed by atoms with Crippen molar-refractivity contribution in [3.05, 3.63) is 78.0 Å². The Morgan fingerprint density at radius 3 is 2.65 bits per heavy atom. The molecule has 0 saturated carbocycles. The van der Waals surface area contributed by atoms with Gasteiger partial charge in [0.1, 0.15) is 0 Å². The smallest absolute Gasteiger partial charge is 0.223 e. The van der Waals surface area contributed by atoms with Crippen molar-refractivity contribution in [1.29, 1.82) is 0 Å². The summed E-state index contributed by atoms with van der Waals surface area (Å²) in [5.41, 5.74) is 2.60. The summed E-state index contributed by atoms with van der Waals surface area (Å²) in [6.07, 6.45) is 0.997. The van der Waals surface area contributed by atoms with Gasteiger partial charge >= 0.3 is 0 Å². The average Bonchev–Trinajstić information content (AvgIpc) is 2.60. The summed E-state index contributed by atoms with van der Waals surface area (Å²) in [6, 6.07) is 19.0. The van der Waals surface area contributed by atoms with Crippen LogP contribution in [-0.2, 0) is 11.3 Å². The first-order valence-corrected chi connectivity index (χ1v) is 7.56. The van der Waals surface area contributed by atoms with Gasteiger partial charge in [-0.25, -0.2) is 0 Å². The van der Waals surface area contributed by atoms with Gasteiger partial charge in [-0.15, -0.1) is 0 Å². The molecule has 4 heteroatoms. The van der Waals surface area contributed by atoms with Gasteiger partial charge in [-0.2, -0.15) is 0 Å². The van der Waals surface area contributed by atoms with Crippen LogP contribution < -0.4 is 5.32 Å². The summed E-state index contributed by atoms with van der Waals surface area (Å²) < 4.78 is 0. The molecule has 0 spiro atoms. The zero-order valence-electron chi connectivity index (χ0n) is 12.6. The van der Waals surface area contributed by atoms with Crippen molar-refractivity contribution in [1.82, 2.24) is 10.3 Å². The van der Waals surface area contributed by atoms with Crippen LogP contribution in [0, 0.1) is 0 Å². The fourth-order valence-corrected chi connectivity index (χ4v) is 2.54. The average molecular weight is 306 g/mol. The molecule has 1 amide bonds. The first kappa shape index (κ1) is 15.2. The molecule has 2 N–H and O–H groups in total. The van der Waals surface area contributed by atoms with Crippen LogP contribution in [0.15, 0.2) is 66.9 Å². The first-order chi connectivity index (χ1) is 11.2. The number of nitrogens with one attached hydrogen (secondary N) is 1. The van der Waals surface area contributed by atoms with Crippen LogP contribution in [-0.4, -0.2) is 16.0 Å². The number of hydrogen-bond donors (Lipinski definition) is 2. The van der Waals surface area contributed by atoms with Crippen LogP contribution in [0.1, 0.15) is 23.7 Å². The molecule has 3 rings (SSSR count). The number of pyridine rings is 1. The Balaban J connectivity index is 1.62. The highest BCUT2D eigenvalue weighted by molar-refractivity contribution is 5.82. The number of aliphatic hydroxyl groups excluding tert-OH is 1. The van der Waals surface area contributed by atoms with E-state index >= 15 is 0 Å². The number of nitrogens with zero attached hydrogens (tertiary/aromatic N) is 1. The SMILES string of the molecule is O=C(CC(O)c1ccccc1)NCc1cccc2cccnc12. The molecule has 1 heterocycles. The second-order valence-corrected chi connectivity index (χ2v) is 5.40. The van der Waals surface area contributed by atoms with Gasteiger partial charge in [-0.05, 0) is 17.2 Å². The molecule has 116 valence electrons. The molecular formula is C19H18N2O2. The molecule has 0 aliphatic rings. The summed E-state index contributed by atoms with van der Waals surface area (Å²) in [7, 11) is 0. The first-order valence-electron chi connectivity index (χ1n) is 7.56. The highest BCUT2D eigenvalue weighted by atomic mass is 16.3. The lowest BCUT2D eigenvalue weighted by Crippen LogP contribution is -2.24. The maximum Gasteiger partial charge on any atom is 0.223 e. The van der Waals surface area contributed by atoms with Crippen LogP contribution in [0.3, 0.4) is 0 Å². The number of aromatic nitrogens is 1. The van der Waals surface area contributed by atoms with Gasteiger partial charge in [0, 0.05) is 18.1 Å². The molecule has 2 aromatic carbocycles. The second kappa shape index (κ2) is 7.03. The summed E-state index contributed by atoms with van der Waals surface area (Å²) >= 11 is 0. The van der Waals surface area contributed by atoms with Crippen LogP contribution in [0.4, 0.5) is 0 Å². The third kappa shape index (κ3) is 3.73. The van der Waals surface area contributed by atoms with Gasteiger partial charge in [-0.3, -0.25) is 9.78 Å². The van der Waals surface area contributed by atoms with E-state index in [9.17, 15) is 9.90 Å². The zero-order valence-corrected chi connectivity index (χ0v) is 12.6. The molecule has 1 aromatic heterocycles. The minimum atomic E-state index is -0.790. The van der Waals surface area contributed by atoms with Crippen molar-refractivity contribution >= 4 is 16.8 Å². The van der Waals surface area contributed by atoms with Crippen molar-refractivity contribution in [2.45, 2.75) is 19.1 Å². The minimum absolute atomic E-state index is 0.0439. The Bertz CT molecular complexity index is 797. The number of para-hydroxylation sites is 1. The molecule has 0 aliphatic heterocycles. The third-order valence-corrected chi connectivity index (χ3v) is 3.76. The van der Waals surface area contributed by atoms with E-state index in [-0.39, 0.29) is 12.3 Å². The van der Waals surface area contributed by atoms with E-state index in [2.05, 4.69) is 10.3 Å². The van der Waals surface area contributed by atoms with Gasteiger partial charge in [0.05, 0.1) is 18.0 Å². The molecule has 0 bridgehead atoms. The highest BCUT2D eigenvalue weighted by Crippen LogP contribution is 2.17. The number of hydrogen-bond acceptors (Lipinski definition) is 3.